The van der Waals surface area contributed by atoms with Crippen LogP contribution in [-0.4, -0.2) is 40.5 Å². The summed E-state index contributed by atoms with van der Waals surface area (Å²) in [6.45, 7) is 1.14. The topological polar surface area (TPSA) is 56.8 Å². The van der Waals surface area contributed by atoms with Crippen molar-refractivity contribution in [3.05, 3.63) is 29.3 Å². The predicted octanol–water partition coefficient (Wildman–Crippen LogP) is 1.64. The number of carbonyl (C=O) groups is 1. The van der Waals surface area contributed by atoms with Crippen LogP contribution < -0.4 is 10.1 Å². The number of nitrogens with one attached hydrogen (secondary N) is 1. The van der Waals surface area contributed by atoms with E-state index < -0.39 is 5.54 Å². The van der Waals surface area contributed by atoms with Gasteiger partial charge in [0.2, 0.25) is 0 Å². The molecule has 0 aliphatic heterocycles. The standard InChI is InChI=1S/C16H23NO4/c1-19-10-9-17-16(15(18)21-3)8-4-5-12-11-13(20-2)6-7-14(12)16/h6-7,11,17H,4-5,8-10H2,1-3H3. The Balaban J connectivity index is 2.40. The van der Waals surface area contributed by atoms with E-state index in [0.717, 1.165) is 36.1 Å². The van der Waals surface area contributed by atoms with Crippen LogP contribution in [0.5, 0.6) is 5.75 Å². The van der Waals surface area contributed by atoms with E-state index >= 15 is 0 Å². The van der Waals surface area contributed by atoms with Crippen molar-refractivity contribution in [2.75, 3.05) is 34.5 Å². The van der Waals surface area contributed by atoms with Gasteiger partial charge in [-0.2, -0.15) is 0 Å². The zero-order valence-electron chi connectivity index (χ0n) is 12.9. The Bertz CT molecular complexity index is 503. The Labute approximate surface area is 125 Å². The van der Waals surface area contributed by atoms with Crippen LogP contribution in [0.4, 0.5) is 0 Å². The third-order valence-corrected chi connectivity index (χ3v) is 4.04. The van der Waals surface area contributed by atoms with Crippen molar-refractivity contribution in [1.29, 1.82) is 0 Å². The van der Waals surface area contributed by atoms with E-state index in [-0.39, 0.29) is 5.97 Å². The summed E-state index contributed by atoms with van der Waals surface area (Å²) in [6, 6.07) is 5.86. The van der Waals surface area contributed by atoms with Gasteiger partial charge < -0.3 is 14.2 Å². The van der Waals surface area contributed by atoms with E-state index in [2.05, 4.69) is 5.32 Å². The lowest BCUT2D eigenvalue weighted by atomic mass is 9.76. The van der Waals surface area contributed by atoms with E-state index in [1.54, 1.807) is 14.2 Å². The minimum Gasteiger partial charge on any atom is -0.497 e. The Hall–Kier alpha value is -1.59. The molecule has 1 N–H and O–H groups in total. The Morgan fingerprint density at radius 1 is 1.33 bits per heavy atom. The molecule has 1 unspecified atom stereocenters. The fraction of sp³-hybridized carbons (Fsp3) is 0.562. The second-order valence-electron chi connectivity index (χ2n) is 5.19. The van der Waals surface area contributed by atoms with Gasteiger partial charge in [-0.05, 0) is 42.5 Å². The van der Waals surface area contributed by atoms with Crippen LogP contribution in [0.2, 0.25) is 0 Å². The molecular weight excluding hydrogens is 270 g/mol. The SMILES string of the molecule is COCCNC1(C(=O)OC)CCCc2cc(OC)ccc21. The first-order chi connectivity index (χ1) is 10.2. The van der Waals surface area contributed by atoms with Crippen molar-refractivity contribution >= 4 is 5.97 Å². The van der Waals surface area contributed by atoms with Gasteiger partial charge in [0.15, 0.2) is 0 Å². The van der Waals surface area contributed by atoms with Crippen molar-refractivity contribution < 1.29 is 19.0 Å². The molecule has 0 bridgehead atoms. The molecular formula is C16H23NO4. The molecule has 1 atom stereocenters. The van der Waals surface area contributed by atoms with Crippen LogP contribution in [0, 0.1) is 0 Å². The first-order valence-corrected chi connectivity index (χ1v) is 7.17. The van der Waals surface area contributed by atoms with E-state index in [0.29, 0.717) is 13.2 Å². The molecule has 5 heteroatoms. The van der Waals surface area contributed by atoms with E-state index in [4.69, 9.17) is 14.2 Å². The van der Waals surface area contributed by atoms with Crippen LogP contribution in [0.15, 0.2) is 18.2 Å². The van der Waals surface area contributed by atoms with Crippen molar-refractivity contribution in [2.45, 2.75) is 24.8 Å². The summed E-state index contributed by atoms with van der Waals surface area (Å²) in [6.07, 6.45) is 2.59. The molecule has 0 radical (unpaired) electrons. The summed E-state index contributed by atoms with van der Waals surface area (Å²) in [4.78, 5) is 12.4. The maximum absolute atomic E-state index is 12.4. The molecule has 0 saturated heterocycles. The summed E-state index contributed by atoms with van der Waals surface area (Å²) in [7, 11) is 4.72. The number of aryl methyl sites for hydroxylation is 1. The molecule has 0 heterocycles. The molecule has 0 fully saturated rings. The van der Waals surface area contributed by atoms with E-state index in [9.17, 15) is 4.79 Å². The summed E-state index contributed by atoms with van der Waals surface area (Å²) in [5.41, 5.74) is 1.33. The van der Waals surface area contributed by atoms with Gasteiger partial charge in [-0.3, -0.25) is 5.32 Å². The maximum Gasteiger partial charge on any atom is 0.330 e. The summed E-state index contributed by atoms with van der Waals surface area (Å²) >= 11 is 0. The highest BCUT2D eigenvalue weighted by Gasteiger charge is 2.44. The fourth-order valence-electron chi connectivity index (χ4n) is 3.01. The number of hydrogen-bond acceptors (Lipinski definition) is 5. The molecule has 0 saturated carbocycles. The van der Waals surface area contributed by atoms with Gasteiger partial charge in [0.1, 0.15) is 11.3 Å². The highest BCUT2D eigenvalue weighted by Crippen LogP contribution is 2.38. The number of benzene rings is 1. The number of esters is 1. The Kier molecular flexibility index (Phi) is 5.20. The van der Waals surface area contributed by atoms with Gasteiger partial charge in [0.25, 0.3) is 0 Å². The average molecular weight is 293 g/mol. The van der Waals surface area contributed by atoms with Gasteiger partial charge in [-0.1, -0.05) is 6.07 Å². The fourth-order valence-corrected chi connectivity index (χ4v) is 3.01. The van der Waals surface area contributed by atoms with Crippen LogP contribution in [0.1, 0.15) is 24.0 Å². The third-order valence-electron chi connectivity index (χ3n) is 4.04. The number of ether oxygens (including phenoxy) is 3. The monoisotopic (exact) mass is 293 g/mol. The number of fused-ring (bicyclic) bond motifs is 1. The van der Waals surface area contributed by atoms with Crippen molar-refractivity contribution in [3.63, 3.8) is 0 Å². The highest BCUT2D eigenvalue weighted by atomic mass is 16.5. The van der Waals surface area contributed by atoms with Crippen LogP contribution in [0.25, 0.3) is 0 Å². The lowest BCUT2D eigenvalue weighted by Gasteiger charge is -2.37. The lowest BCUT2D eigenvalue weighted by molar-refractivity contribution is -0.150. The molecule has 116 valence electrons. The molecule has 5 nitrogen and oxygen atoms in total. The predicted molar refractivity (Wildman–Crippen MR) is 79.5 cm³/mol. The molecule has 2 rings (SSSR count). The Morgan fingerprint density at radius 2 is 2.14 bits per heavy atom. The van der Waals surface area contributed by atoms with Gasteiger partial charge in [0, 0.05) is 13.7 Å². The number of carbonyl (C=O) groups excluding carboxylic acids is 1. The first-order valence-electron chi connectivity index (χ1n) is 7.17. The lowest BCUT2D eigenvalue weighted by Crippen LogP contribution is -2.52. The average Bonchev–Trinajstić information content (AvgIpc) is 2.53. The number of methoxy groups -OCH3 is 3. The van der Waals surface area contributed by atoms with Gasteiger partial charge in [-0.15, -0.1) is 0 Å². The summed E-state index contributed by atoms with van der Waals surface area (Å²) in [5.74, 6) is 0.566. The maximum atomic E-state index is 12.4. The molecule has 1 aromatic rings. The van der Waals surface area contributed by atoms with Crippen molar-refractivity contribution in [2.24, 2.45) is 0 Å². The highest BCUT2D eigenvalue weighted by molar-refractivity contribution is 5.83. The smallest absolute Gasteiger partial charge is 0.330 e. The molecule has 21 heavy (non-hydrogen) atoms. The van der Waals surface area contributed by atoms with E-state index in [1.807, 2.05) is 18.2 Å². The van der Waals surface area contributed by atoms with Crippen LogP contribution in [0.3, 0.4) is 0 Å². The molecule has 1 aromatic carbocycles. The summed E-state index contributed by atoms with van der Waals surface area (Å²) < 4.78 is 15.4. The van der Waals surface area contributed by atoms with Gasteiger partial charge in [-0.25, -0.2) is 4.79 Å². The molecule has 1 aliphatic carbocycles. The minimum absolute atomic E-state index is 0.246. The number of hydrogen-bond donors (Lipinski definition) is 1. The zero-order valence-corrected chi connectivity index (χ0v) is 12.9. The molecule has 0 spiro atoms. The normalized spacial score (nSPS) is 20.7. The van der Waals surface area contributed by atoms with Crippen molar-refractivity contribution in [3.8, 4) is 5.75 Å². The van der Waals surface area contributed by atoms with Gasteiger partial charge in [0.05, 0.1) is 20.8 Å². The van der Waals surface area contributed by atoms with Crippen LogP contribution in [-0.2, 0) is 26.2 Å². The molecule has 1 aliphatic rings. The first kappa shape index (κ1) is 15.8. The van der Waals surface area contributed by atoms with E-state index in [1.165, 1.54) is 7.11 Å². The van der Waals surface area contributed by atoms with Crippen LogP contribution >= 0.6 is 0 Å². The molecule has 0 aromatic heterocycles. The van der Waals surface area contributed by atoms with Gasteiger partial charge >= 0.3 is 5.97 Å². The quantitative estimate of drug-likeness (QED) is 0.638. The minimum atomic E-state index is -0.785. The Morgan fingerprint density at radius 3 is 2.81 bits per heavy atom. The number of rotatable bonds is 6. The second kappa shape index (κ2) is 6.91. The zero-order chi connectivity index (χ0) is 15.3. The summed E-state index contributed by atoms with van der Waals surface area (Å²) in [5, 5.41) is 3.34. The second-order valence-corrected chi connectivity index (χ2v) is 5.19. The molecule has 0 amide bonds. The largest absolute Gasteiger partial charge is 0.497 e. The van der Waals surface area contributed by atoms with Crippen molar-refractivity contribution in [1.82, 2.24) is 5.32 Å². The third kappa shape index (κ3) is 3.04.